The summed E-state index contributed by atoms with van der Waals surface area (Å²) in [6, 6.07) is 7.33. The molecule has 0 aromatic heterocycles. The fourth-order valence-corrected chi connectivity index (χ4v) is 2.85. The van der Waals surface area contributed by atoms with Crippen LogP contribution in [0.4, 0.5) is 4.39 Å². The Bertz CT molecular complexity index is 497. The van der Waals surface area contributed by atoms with E-state index in [1.54, 1.807) is 12.1 Å². The third-order valence-corrected chi connectivity index (χ3v) is 4.54. The van der Waals surface area contributed by atoms with Gasteiger partial charge in [-0.3, -0.25) is 4.79 Å². The van der Waals surface area contributed by atoms with Gasteiger partial charge in [-0.1, -0.05) is 25.1 Å². The largest absolute Gasteiger partial charge is 0.337 e. The Hall–Kier alpha value is -1.13. The molecule has 0 saturated carbocycles. The lowest BCUT2D eigenvalue weighted by Crippen LogP contribution is -2.58. The van der Waals surface area contributed by atoms with Crippen molar-refractivity contribution in [3.05, 3.63) is 35.6 Å². The average Bonchev–Trinajstić information content (AvgIpc) is 2.48. The molecule has 1 N–H and O–H groups in total. The van der Waals surface area contributed by atoms with Gasteiger partial charge in [0.05, 0.1) is 0 Å². The smallest absolute Gasteiger partial charge is 0.225 e. The fourth-order valence-electron chi connectivity index (χ4n) is 2.85. The molecule has 22 heavy (non-hydrogen) atoms. The topological polar surface area (TPSA) is 32.3 Å². The molecule has 1 saturated heterocycles. The summed E-state index contributed by atoms with van der Waals surface area (Å²) in [5, 5.41) is 3.38. The Morgan fingerprint density at radius 3 is 2.77 bits per heavy atom. The number of carbonyl (C=O) groups is 1. The highest BCUT2D eigenvalue weighted by Gasteiger charge is 2.30. The first-order chi connectivity index (χ1) is 10.0. The monoisotopic (exact) mass is 328 g/mol. The van der Waals surface area contributed by atoms with Crippen LogP contribution in [0, 0.1) is 11.7 Å². The highest BCUT2D eigenvalue weighted by Crippen LogP contribution is 2.18. The minimum Gasteiger partial charge on any atom is -0.337 e. The Kier molecular flexibility index (Phi) is 7.30. The van der Waals surface area contributed by atoms with Crippen LogP contribution in [0.1, 0.15) is 32.8 Å². The summed E-state index contributed by atoms with van der Waals surface area (Å²) in [6.07, 6.45) is 1.29. The third-order valence-electron chi connectivity index (χ3n) is 4.54. The second kappa shape index (κ2) is 8.49. The predicted molar refractivity (Wildman–Crippen MR) is 89.8 cm³/mol. The predicted octanol–water partition coefficient (Wildman–Crippen LogP) is 3.03. The minimum atomic E-state index is -0.179. The molecular formula is C17H26ClFN2O. The van der Waals surface area contributed by atoms with Crippen LogP contribution in [-0.4, -0.2) is 36.0 Å². The summed E-state index contributed by atoms with van der Waals surface area (Å²) in [7, 11) is 0. The summed E-state index contributed by atoms with van der Waals surface area (Å²) >= 11 is 0. The number of nitrogens with zero attached hydrogens (tertiary/aromatic N) is 1. The van der Waals surface area contributed by atoms with E-state index >= 15 is 0 Å². The van der Waals surface area contributed by atoms with Gasteiger partial charge in [0.1, 0.15) is 5.82 Å². The Balaban J connectivity index is 0.00000242. The van der Waals surface area contributed by atoms with Gasteiger partial charge in [0.2, 0.25) is 5.91 Å². The van der Waals surface area contributed by atoms with Gasteiger partial charge in [0.15, 0.2) is 0 Å². The standard InChI is InChI=1S/C17H25FN2O.ClH/c1-12(8-9-15-6-4-5-7-16(15)18)17(21)20-11-10-19-13(2)14(20)3;/h4-7,12-14,19H,8-11H2,1-3H3;1H. The number of carbonyl (C=O) groups excluding carboxylic acids is 1. The molecule has 0 aliphatic carbocycles. The third kappa shape index (κ3) is 4.43. The molecule has 1 amide bonds. The number of aryl methyl sites for hydroxylation is 1. The van der Waals surface area contributed by atoms with E-state index in [4.69, 9.17) is 0 Å². The summed E-state index contributed by atoms with van der Waals surface area (Å²) in [5.41, 5.74) is 0.693. The number of halogens is 2. The van der Waals surface area contributed by atoms with Gasteiger partial charge in [-0.25, -0.2) is 4.39 Å². The van der Waals surface area contributed by atoms with Gasteiger partial charge in [0.25, 0.3) is 0 Å². The van der Waals surface area contributed by atoms with Crippen molar-refractivity contribution >= 4 is 18.3 Å². The van der Waals surface area contributed by atoms with Crippen LogP contribution >= 0.6 is 12.4 Å². The summed E-state index contributed by atoms with van der Waals surface area (Å²) in [5.74, 6) is -0.0640. The van der Waals surface area contributed by atoms with E-state index in [2.05, 4.69) is 19.2 Å². The van der Waals surface area contributed by atoms with Gasteiger partial charge in [-0.2, -0.15) is 0 Å². The van der Waals surface area contributed by atoms with Crippen molar-refractivity contribution in [3.8, 4) is 0 Å². The zero-order chi connectivity index (χ0) is 15.4. The van der Waals surface area contributed by atoms with Crippen molar-refractivity contribution < 1.29 is 9.18 Å². The van der Waals surface area contributed by atoms with Crippen LogP contribution in [0.2, 0.25) is 0 Å². The maximum Gasteiger partial charge on any atom is 0.225 e. The van der Waals surface area contributed by atoms with Crippen LogP contribution < -0.4 is 5.32 Å². The quantitative estimate of drug-likeness (QED) is 0.921. The van der Waals surface area contributed by atoms with Crippen molar-refractivity contribution in [3.63, 3.8) is 0 Å². The fraction of sp³-hybridized carbons (Fsp3) is 0.588. The molecule has 124 valence electrons. The molecule has 0 spiro atoms. The van der Waals surface area contributed by atoms with Crippen LogP contribution in [0.5, 0.6) is 0 Å². The number of amides is 1. The number of piperazine rings is 1. The van der Waals surface area contributed by atoms with Crippen molar-refractivity contribution in [2.45, 2.75) is 45.7 Å². The number of benzene rings is 1. The van der Waals surface area contributed by atoms with E-state index in [-0.39, 0.29) is 36.1 Å². The molecular weight excluding hydrogens is 303 g/mol. The SMILES string of the molecule is CC(CCc1ccccc1F)C(=O)N1CCNC(C)C1C.Cl. The first-order valence-electron chi connectivity index (χ1n) is 7.78. The van der Waals surface area contributed by atoms with Crippen LogP contribution in [0.15, 0.2) is 24.3 Å². The second-order valence-electron chi connectivity index (χ2n) is 6.05. The normalized spacial score (nSPS) is 22.8. The van der Waals surface area contributed by atoms with E-state index in [9.17, 15) is 9.18 Å². The Morgan fingerprint density at radius 1 is 1.41 bits per heavy atom. The molecule has 0 radical (unpaired) electrons. The first-order valence-corrected chi connectivity index (χ1v) is 7.78. The van der Waals surface area contributed by atoms with Gasteiger partial charge in [0, 0.05) is 31.1 Å². The highest BCUT2D eigenvalue weighted by atomic mass is 35.5. The van der Waals surface area contributed by atoms with Crippen molar-refractivity contribution in [1.82, 2.24) is 10.2 Å². The average molecular weight is 329 g/mol. The summed E-state index contributed by atoms with van der Waals surface area (Å²) in [6.45, 7) is 7.74. The molecule has 1 aliphatic rings. The molecule has 3 unspecified atom stereocenters. The van der Waals surface area contributed by atoms with Gasteiger partial charge < -0.3 is 10.2 Å². The molecule has 1 aromatic rings. The van der Waals surface area contributed by atoms with E-state index in [1.165, 1.54) is 6.07 Å². The molecule has 0 bridgehead atoms. The molecule has 5 heteroatoms. The zero-order valence-corrected chi connectivity index (χ0v) is 14.3. The molecule has 2 rings (SSSR count). The van der Waals surface area contributed by atoms with Gasteiger partial charge in [-0.05, 0) is 38.3 Å². The maximum atomic E-state index is 13.6. The molecule has 1 fully saturated rings. The molecule has 1 heterocycles. The van der Waals surface area contributed by atoms with E-state index < -0.39 is 0 Å². The van der Waals surface area contributed by atoms with Crippen LogP contribution in [0.3, 0.4) is 0 Å². The van der Waals surface area contributed by atoms with Crippen molar-refractivity contribution in [1.29, 1.82) is 0 Å². The first kappa shape index (κ1) is 18.9. The number of hydrogen-bond acceptors (Lipinski definition) is 2. The number of hydrogen-bond donors (Lipinski definition) is 1. The summed E-state index contributed by atoms with van der Waals surface area (Å²) in [4.78, 5) is 14.5. The maximum absolute atomic E-state index is 13.6. The summed E-state index contributed by atoms with van der Waals surface area (Å²) < 4.78 is 13.6. The van der Waals surface area contributed by atoms with Crippen molar-refractivity contribution in [2.75, 3.05) is 13.1 Å². The van der Waals surface area contributed by atoms with Crippen LogP contribution in [0.25, 0.3) is 0 Å². The molecule has 3 nitrogen and oxygen atoms in total. The lowest BCUT2D eigenvalue weighted by molar-refractivity contribution is -0.138. The van der Waals surface area contributed by atoms with Crippen LogP contribution in [-0.2, 0) is 11.2 Å². The minimum absolute atomic E-state index is 0. The lowest BCUT2D eigenvalue weighted by atomic mass is 9.97. The van der Waals surface area contributed by atoms with Gasteiger partial charge >= 0.3 is 0 Å². The Morgan fingerprint density at radius 2 is 2.09 bits per heavy atom. The van der Waals surface area contributed by atoms with E-state index in [0.29, 0.717) is 24.4 Å². The molecule has 1 aromatic carbocycles. The highest BCUT2D eigenvalue weighted by molar-refractivity contribution is 5.85. The molecule has 1 aliphatic heterocycles. The zero-order valence-electron chi connectivity index (χ0n) is 13.5. The van der Waals surface area contributed by atoms with Crippen molar-refractivity contribution in [2.24, 2.45) is 5.92 Å². The number of nitrogens with one attached hydrogen (secondary N) is 1. The number of rotatable bonds is 4. The molecule has 3 atom stereocenters. The van der Waals surface area contributed by atoms with E-state index in [1.807, 2.05) is 17.9 Å². The second-order valence-corrected chi connectivity index (χ2v) is 6.05. The lowest BCUT2D eigenvalue weighted by Gasteiger charge is -2.40. The van der Waals surface area contributed by atoms with E-state index in [0.717, 1.165) is 13.1 Å². The van der Waals surface area contributed by atoms with Gasteiger partial charge in [-0.15, -0.1) is 12.4 Å². The Labute approximate surface area is 138 Å².